The zero-order valence-electron chi connectivity index (χ0n) is 6.93. The fourth-order valence-corrected chi connectivity index (χ4v) is 2.68. The maximum absolute atomic E-state index is 10.9. The Hall–Kier alpha value is -0.660. The van der Waals surface area contributed by atoms with Crippen LogP contribution in [-0.2, 0) is 14.8 Å². The van der Waals surface area contributed by atoms with Crippen LogP contribution in [0.1, 0.15) is 12.8 Å². The predicted octanol–water partition coefficient (Wildman–Crippen LogP) is -1.52. The van der Waals surface area contributed by atoms with Crippen molar-refractivity contribution in [1.29, 1.82) is 0 Å². The number of hydrogen-bond donors (Lipinski definition) is 3. The molecule has 0 radical (unpaired) electrons. The Labute approximate surface area is 76.2 Å². The van der Waals surface area contributed by atoms with Gasteiger partial charge in [-0.25, -0.2) is 13.1 Å². The first kappa shape index (κ1) is 10.4. The highest BCUT2D eigenvalue weighted by molar-refractivity contribution is 7.89. The molecular formula is C6H12N2O4S. The molecule has 0 saturated carbocycles. The summed E-state index contributed by atoms with van der Waals surface area (Å²) in [6, 6.07) is -1.32. The van der Waals surface area contributed by atoms with E-state index in [9.17, 15) is 13.2 Å². The molecule has 1 rings (SSSR count). The van der Waals surface area contributed by atoms with E-state index in [0.717, 1.165) is 0 Å². The second kappa shape index (κ2) is 3.60. The van der Waals surface area contributed by atoms with Crippen molar-refractivity contribution in [3.63, 3.8) is 0 Å². The van der Waals surface area contributed by atoms with E-state index in [1.165, 1.54) is 0 Å². The summed E-state index contributed by atoms with van der Waals surface area (Å²) in [7, 11) is -3.17. The Bertz CT molecular complexity index is 300. The highest BCUT2D eigenvalue weighted by Crippen LogP contribution is 2.11. The average Bonchev–Trinajstić information content (AvgIpc) is 2.30. The number of nitrogens with one attached hydrogen (secondary N) is 1. The van der Waals surface area contributed by atoms with Crippen molar-refractivity contribution >= 4 is 16.0 Å². The molecule has 0 aromatic heterocycles. The summed E-state index contributed by atoms with van der Waals surface area (Å²) in [5.41, 5.74) is 5.25. The van der Waals surface area contributed by atoms with E-state index >= 15 is 0 Å². The van der Waals surface area contributed by atoms with E-state index in [0.29, 0.717) is 6.42 Å². The van der Waals surface area contributed by atoms with Gasteiger partial charge in [-0.3, -0.25) is 4.79 Å². The van der Waals surface area contributed by atoms with Gasteiger partial charge in [-0.1, -0.05) is 0 Å². The molecule has 0 aromatic carbocycles. The maximum Gasteiger partial charge on any atom is 0.320 e. The predicted molar refractivity (Wildman–Crippen MR) is 45.6 cm³/mol. The van der Waals surface area contributed by atoms with E-state index in [2.05, 4.69) is 4.72 Å². The third-order valence-electron chi connectivity index (χ3n) is 1.94. The first-order valence-corrected chi connectivity index (χ1v) is 5.54. The van der Waals surface area contributed by atoms with Crippen LogP contribution in [0, 0.1) is 0 Å². The van der Waals surface area contributed by atoms with Gasteiger partial charge >= 0.3 is 5.97 Å². The van der Waals surface area contributed by atoms with E-state index in [-0.39, 0.29) is 18.2 Å². The van der Waals surface area contributed by atoms with Gasteiger partial charge in [0.2, 0.25) is 10.0 Å². The van der Waals surface area contributed by atoms with Gasteiger partial charge in [-0.2, -0.15) is 0 Å². The minimum absolute atomic E-state index is 0.0595. The van der Waals surface area contributed by atoms with Crippen LogP contribution in [-0.4, -0.2) is 37.3 Å². The number of carbonyl (C=O) groups is 1. The molecule has 2 atom stereocenters. The second-order valence-corrected chi connectivity index (χ2v) is 4.98. The molecule has 2 unspecified atom stereocenters. The topological polar surface area (TPSA) is 109 Å². The molecule has 76 valence electrons. The number of aliphatic carboxylic acids is 1. The van der Waals surface area contributed by atoms with Crippen molar-refractivity contribution in [2.24, 2.45) is 5.73 Å². The normalized spacial score (nSPS) is 28.5. The van der Waals surface area contributed by atoms with E-state index < -0.39 is 22.0 Å². The van der Waals surface area contributed by atoms with Gasteiger partial charge in [-0.05, 0) is 12.8 Å². The molecule has 6 nitrogen and oxygen atoms in total. The summed E-state index contributed by atoms with van der Waals surface area (Å²) in [5, 5.41) is 8.47. The number of rotatable bonds is 3. The van der Waals surface area contributed by atoms with Gasteiger partial charge < -0.3 is 10.8 Å². The molecule has 1 saturated heterocycles. The molecule has 7 heteroatoms. The third kappa shape index (κ3) is 2.94. The van der Waals surface area contributed by atoms with Gasteiger partial charge in [0.15, 0.2) is 0 Å². The SMILES string of the molecule is NC(CC1CCS(=O)(=O)N1)C(=O)O. The lowest BCUT2D eigenvalue weighted by Gasteiger charge is -2.11. The van der Waals surface area contributed by atoms with Crippen LogP contribution in [0.3, 0.4) is 0 Å². The maximum atomic E-state index is 10.9. The Kier molecular flexibility index (Phi) is 2.89. The van der Waals surface area contributed by atoms with Crippen LogP contribution in [0.2, 0.25) is 0 Å². The molecular weight excluding hydrogens is 196 g/mol. The molecule has 0 aromatic rings. The summed E-state index contributed by atoms with van der Waals surface area (Å²) in [5.74, 6) is -1.05. The quantitative estimate of drug-likeness (QED) is 0.522. The second-order valence-electron chi connectivity index (χ2n) is 3.10. The first-order chi connectivity index (χ1) is 5.91. The van der Waals surface area contributed by atoms with Gasteiger partial charge in [0, 0.05) is 6.04 Å². The number of sulfonamides is 1. The molecule has 1 aliphatic rings. The molecule has 0 bridgehead atoms. The van der Waals surface area contributed by atoms with Crippen LogP contribution in [0.5, 0.6) is 0 Å². The minimum atomic E-state index is -3.17. The highest BCUT2D eigenvalue weighted by atomic mass is 32.2. The molecule has 13 heavy (non-hydrogen) atoms. The van der Waals surface area contributed by atoms with Crippen molar-refractivity contribution in [1.82, 2.24) is 4.72 Å². The highest BCUT2D eigenvalue weighted by Gasteiger charge is 2.29. The van der Waals surface area contributed by atoms with Crippen LogP contribution < -0.4 is 10.5 Å². The smallest absolute Gasteiger partial charge is 0.320 e. The summed E-state index contributed by atoms with van der Waals surface area (Å²) in [6.07, 6.45) is 0.581. The Morgan fingerprint density at radius 2 is 2.31 bits per heavy atom. The van der Waals surface area contributed by atoms with Gasteiger partial charge in [0.05, 0.1) is 5.75 Å². The Balaban J connectivity index is 2.45. The molecule has 1 aliphatic heterocycles. The molecule has 1 fully saturated rings. The largest absolute Gasteiger partial charge is 0.480 e. The lowest BCUT2D eigenvalue weighted by atomic mass is 10.1. The number of carboxylic acids is 1. The number of nitrogens with two attached hydrogens (primary N) is 1. The summed E-state index contributed by atoms with van der Waals surface area (Å²) < 4.78 is 24.1. The molecule has 4 N–H and O–H groups in total. The third-order valence-corrected chi connectivity index (χ3v) is 3.40. The van der Waals surface area contributed by atoms with Crippen LogP contribution >= 0.6 is 0 Å². The minimum Gasteiger partial charge on any atom is -0.480 e. The van der Waals surface area contributed by atoms with E-state index in [1.807, 2.05) is 0 Å². The van der Waals surface area contributed by atoms with E-state index in [1.54, 1.807) is 0 Å². The van der Waals surface area contributed by atoms with Gasteiger partial charge in [-0.15, -0.1) is 0 Å². The zero-order valence-corrected chi connectivity index (χ0v) is 7.75. The van der Waals surface area contributed by atoms with Gasteiger partial charge in [0.1, 0.15) is 6.04 Å². The van der Waals surface area contributed by atoms with E-state index in [4.69, 9.17) is 10.8 Å². The standard InChI is InChI=1S/C6H12N2O4S/c7-5(6(9)10)3-4-1-2-13(11,12)8-4/h4-5,8H,1-3,7H2,(H,9,10). The first-order valence-electron chi connectivity index (χ1n) is 3.89. The van der Waals surface area contributed by atoms with Crippen LogP contribution in [0.25, 0.3) is 0 Å². The lowest BCUT2D eigenvalue weighted by Crippen LogP contribution is -2.37. The number of hydrogen-bond acceptors (Lipinski definition) is 4. The summed E-state index contributed by atoms with van der Waals surface area (Å²) in [4.78, 5) is 10.3. The molecule has 0 spiro atoms. The van der Waals surface area contributed by atoms with Crippen molar-refractivity contribution in [3.05, 3.63) is 0 Å². The Morgan fingerprint density at radius 3 is 2.69 bits per heavy atom. The Morgan fingerprint density at radius 1 is 1.69 bits per heavy atom. The van der Waals surface area contributed by atoms with Crippen molar-refractivity contribution in [2.75, 3.05) is 5.75 Å². The summed E-state index contributed by atoms with van der Waals surface area (Å²) >= 11 is 0. The molecule has 1 heterocycles. The monoisotopic (exact) mass is 208 g/mol. The summed E-state index contributed by atoms with van der Waals surface area (Å²) in [6.45, 7) is 0. The molecule has 0 aliphatic carbocycles. The lowest BCUT2D eigenvalue weighted by molar-refractivity contribution is -0.138. The fourth-order valence-electron chi connectivity index (χ4n) is 1.24. The van der Waals surface area contributed by atoms with Crippen molar-refractivity contribution in [3.8, 4) is 0 Å². The van der Waals surface area contributed by atoms with Crippen LogP contribution in [0.15, 0.2) is 0 Å². The zero-order chi connectivity index (χ0) is 10.1. The van der Waals surface area contributed by atoms with Crippen molar-refractivity contribution < 1.29 is 18.3 Å². The van der Waals surface area contributed by atoms with Gasteiger partial charge in [0.25, 0.3) is 0 Å². The fraction of sp³-hybridized carbons (Fsp3) is 0.833. The van der Waals surface area contributed by atoms with Crippen LogP contribution in [0.4, 0.5) is 0 Å². The van der Waals surface area contributed by atoms with Crippen molar-refractivity contribution in [2.45, 2.75) is 24.9 Å². The average molecular weight is 208 g/mol. The number of carboxylic acid groups (broad SMARTS) is 1. The molecule has 0 amide bonds.